The summed E-state index contributed by atoms with van der Waals surface area (Å²) < 4.78 is 5.55. The van der Waals surface area contributed by atoms with Crippen molar-refractivity contribution in [1.29, 1.82) is 0 Å². The number of epoxide rings is 1. The van der Waals surface area contributed by atoms with E-state index >= 15 is 0 Å². The lowest BCUT2D eigenvalue weighted by Crippen LogP contribution is -2.20. The van der Waals surface area contributed by atoms with Crippen LogP contribution in [0.1, 0.15) is 32.1 Å². The molecule has 0 aromatic carbocycles. The zero-order valence-corrected chi connectivity index (χ0v) is 6.18. The molecule has 2 heteroatoms. The molecule has 10 heavy (non-hydrogen) atoms. The molecule has 2 aliphatic rings. The lowest BCUT2D eigenvalue weighted by atomic mass is 9.87. The van der Waals surface area contributed by atoms with E-state index in [1.54, 1.807) is 0 Å². The van der Waals surface area contributed by atoms with Crippen molar-refractivity contribution in [3.8, 4) is 0 Å². The molecule has 0 bridgehead atoms. The summed E-state index contributed by atoms with van der Waals surface area (Å²) in [4.78, 5) is 0. The van der Waals surface area contributed by atoms with Gasteiger partial charge in [0.25, 0.3) is 0 Å². The molecule has 1 saturated carbocycles. The lowest BCUT2D eigenvalue weighted by Gasteiger charge is -2.14. The predicted octanol–water partition coefficient (Wildman–Crippen LogP) is 1.08. The van der Waals surface area contributed by atoms with Gasteiger partial charge in [-0.3, -0.25) is 0 Å². The summed E-state index contributed by atoms with van der Waals surface area (Å²) in [6.07, 6.45) is 6.37. The van der Waals surface area contributed by atoms with Crippen LogP contribution in [-0.4, -0.2) is 23.4 Å². The average molecular weight is 142 g/mol. The van der Waals surface area contributed by atoms with Gasteiger partial charge < -0.3 is 9.84 Å². The van der Waals surface area contributed by atoms with E-state index < -0.39 is 0 Å². The van der Waals surface area contributed by atoms with Gasteiger partial charge in [0.1, 0.15) is 0 Å². The number of hydrogen-bond acceptors (Lipinski definition) is 2. The number of hydrogen-bond donors (Lipinski definition) is 1. The minimum atomic E-state index is 0.146. The van der Waals surface area contributed by atoms with Crippen molar-refractivity contribution in [2.24, 2.45) is 0 Å². The van der Waals surface area contributed by atoms with Crippen LogP contribution < -0.4 is 0 Å². The van der Waals surface area contributed by atoms with Gasteiger partial charge in [0.15, 0.2) is 0 Å². The summed E-state index contributed by atoms with van der Waals surface area (Å²) in [5.41, 5.74) is 0.146. The Balaban J connectivity index is 1.92. The van der Waals surface area contributed by atoms with Crippen LogP contribution in [0.25, 0.3) is 0 Å². The minimum absolute atomic E-state index is 0.146. The maximum absolute atomic E-state index is 8.73. The van der Waals surface area contributed by atoms with Crippen LogP contribution in [0.4, 0.5) is 0 Å². The fraction of sp³-hybridized carbons (Fsp3) is 1.00. The molecule has 2 unspecified atom stereocenters. The van der Waals surface area contributed by atoms with Crippen LogP contribution in [0.5, 0.6) is 0 Å². The summed E-state index contributed by atoms with van der Waals surface area (Å²) in [5, 5.41) is 8.73. The van der Waals surface area contributed by atoms with Crippen LogP contribution >= 0.6 is 0 Å². The van der Waals surface area contributed by atoms with Gasteiger partial charge in [-0.2, -0.15) is 0 Å². The third-order valence-electron chi connectivity index (χ3n) is 2.76. The van der Waals surface area contributed by atoms with Crippen molar-refractivity contribution in [2.75, 3.05) is 6.61 Å². The highest BCUT2D eigenvalue weighted by Crippen LogP contribution is 2.49. The first-order chi connectivity index (χ1) is 4.87. The molecule has 1 aliphatic carbocycles. The smallest absolute Gasteiger partial charge is 0.0970 e. The van der Waals surface area contributed by atoms with Crippen LogP contribution in [0.15, 0.2) is 0 Å². The summed E-state index contributed by atoms with van der Waals surface area (Å²) in [7, 11) is 0. The second kappa shape index (κ2) is 2.21. The highest BCUT2D eigenvalue weighted by Gasteiger charge is 2.56. The van der Waals surface area contributed by atoms with E-state index in [9.17, 15) is 0 Å². The number of fused-ring (bicyclic) bond motifs is 1. The fourth-order valence-corrected chi connectivity index (χ4v) is 2.08. The number of aliphatic hydroxyl groups excluding tert-OH is 1. The van der Waals surface area contributed by atoms with Crippen molar-refractivity contribution >= 4 is 0 Å². The summed E-state index contributed by atoms with van der Waals surface area (Å²) in [6, 6.07) is 0. The van der Waals surface area contributed by atoms with Gasteiger partial charge in [0.05, 0.1) is 11.7 Å². The number of aliphatic hydroxyl groups is 1. The zero-order chi connectivity index (χ0) is 7.03. The lowest BCUT2D eigenvalue weighted by molar-refractivity contribution is 0.205. The van der Waals surface area contributed by atoms with Crippen molar-refractivity contribution in [2.45, 2.75) is 43.8 Å². The molecule has 1 N–H and O–H groups in total. The highest BCUT2D eigenvalue weighted by atomic mass is 16.6. The molecule has 2 atom stereocenters. The van der Waals surface area contributed by atoms with Crippen LogP contribution in [0.3, 0.4) is 0 Å². The van der Waals surface area contributed by atoms with Crippen molar-refractivity contribution < 1.29 is 9.84 Å². The molecular weight excluding hydrogens is 128 g/mol. The third-order valence-corrected chi connectivity index (χ3v) is 2.76. The Hall–Kier alpha value is -0.0800. The predicted molar refractivity (Wildman–Crippen MR) is 37.8 cm³/mol. The molecule has 1 saturated heterocycles. The van der Waals surface area contributed by atoms with E-state index in [0.717, 1.165) is 6.42 Å². The van der Waals surface area contributed by atoms with E-state index in [-0.39, 0.29) is 12.2 Å². The minimum Gasteiger partial charge on any atom is -0.396 e. The number of ether oxygens (including phenoxy) is 1. The Morgan fingerprint density at radius 1 is 1.50 bits per heavy atom. The second-order valence-corrected chi connectivity index (χ2v) is 3.39. The molecule has 2 rings (SSSR count). The molecule has 0 spiro atoms. The van der Waals surface area contributed by atoms with Crippen molar-refractivity contribution in [3.05, 3.63) is 0 Å². The average Bonchev–Trinajstić information content (AvgIpc) is 2.62. The maximum Gasteiger partial charge on any atom is 0.0970 e. The van der Waals surface area contributed by atoms with Crippen LogP contribution in [-0.2, 0) is 4.74 Å². The molecule has 0 aromatic rings. The van der Waals surface area contributed by atoms with Gasteiger partial charge in [-0.1, -0.05) is 12.8 Å². The Labute approximate surface area is 61.2 Å². The molecule has 58 valence electrons. The van der Waals surface area contributed by atoms with Gasteiger partial charge in [-0.15, -0.1) is 0 Å². The zero-order valence-electron chi connectivity index (χ0n) is 6.18. The Kier molecular flexibility index (Phi) is 1.46. The molecule has 0 amide bonds. The normalized spacial score (nSPS) is 44.7. The first-order valence-electron chi connectivity index (χ1n) is 4.16. The summed E-state index contributed by atoms with van der Waals surface area (Å²) in [5.74, 6) is 0. The molecular formula is C8H14O2. The van der Waals surface area contributed by atoms with Crippen molar-refractivity contribution in [3.63, 3.8) is 0 Å². The van der Waals surface area contributed by atoms with Crippen molar-refractivity contribution in [1.82, 2.24) is 0 Å². The van der Waals surface area contributed by atoms with E-state index in [0.29, 0.717) is 6.10 Å². The Morgan fingerprint density at radius 3 is 3.10 bits per heavy atom. The third kappa shape index (κ3) is 0.867. The van der Waals surface area contributed by atoms with Gasteiger partial charge in [-0.05, 0) is 12.8 Å². The summed E-state index contributed by atoms with van der Waals surface area (Å²) >= 11 is 0. The number of rotatable bonds is 2. The molecule has 0 aromatic heterocycles. The Bertz CT molecular complexity index is 131. The fourth-order valence-electron chi connectivity index (χ4n) is 2.08. The highest BCUT2D eigenvalue weighted by molar-refractivity contribution is 5.04. The standard InChI is InChI=1S/C8H14O2/c9-6-5-8-4-2-1-3-7(8)10-8/h7,9H,1-6H2. The van der Waals surface area contributed by atoms with Crippen LogP contribution in [0, 0.1) is 0 Å². The monoisotopic (exact) mass is 142 g/mol. The first-order valence-corrected chi connectivity index (χ1v) is 4.16. The van der Waals surface area contributed by atoms with E-state index in [1.165, 1.54) is 25.7 Å². The quantitative estimate of drug-likeness (QED) is 0.585. The molecule has 1 aliphatic heterocycles. The molecule has 2 nitrogen and oxygen atoms in total. The SMILES string of the molecule is OCCC12CCCCC1O2. The van der Waals surface area contributed by atoms with Gasteiger partial charge in [0.2, 0.25) is 0 Å². The maximum atomic E-state index is 8.73. The van der Waals surface area contributed by atoms with E-state index in [2.05, 4.69) is 0 Å². The van der Waals surface area contributed by atoms with Crippen LogP contribution in [0.2, 0.25) is 0 Å². The van der Waals surface area contributed by atoms with Gasteiger partial charge in [-0.25, -0.2) is 0 Å². The molecule has 0 radical (unpaired) electrons. The molecule has 1 heterocycles. The largest absolute Gasteiger partial charge is 0.396 e. The topological polar surface area (TPSA) is 32.8 Å². The van der Waals surface area contributed by atoms with Gasteiger partial charge in [0, 0.05) is 13.0 Å². The summed E-state index contributed by atoms with van der Waals surface area (Å²) in [6.45, 7) is 0.288. The second-order valence-electron chi connectivity index (χ2n) is 3.39. The van der Waals surface area contributed by atoms with E-state index in [4.69, 9.17) is 9.84 Å². The van der Waals surface area contributed by atoms with Gasteiger partial charge >= 0.3 is 0 Å². The molecule has 2 fully saturated rings. The first kappa shape index (κ1) is 6.62. The Morgan fingerprint density at radius 2 is 2.40 bits per heavy atom. The van der Waals surface area contributed by atoms with E-state index in [1.807, 2.05) is 0 Å².